The van der Waals surface area contributed by atoms with Crippen molar-refractivity contribution in [2.45, 2.75) is 51.6 Å². The summed E-state index contributed by atoms with van der Waals surface area (Å²) in [6.45, 7) is 9.38. The molecular weight excluding hydrogens is 244 g/mol. The molecule has 0 aromatic carbocycles. The molecular formula is C14H22N2OS. The molecule has 2 unspecified atom stereocenters. The molecule has 18 heavy (non-hydrogen) atoms. The third kappa shape index (κ3) is 2.31. The molecule has 2 heterocycles. The molecule has 0 spiro atoms. The van der Waals surface area contributed by atoms with Gasteiger partial charge in [-0.25, -0.2) is 0 Å². The molecule has 1 aromatic rings. The number of hydrogen-bond acceptors (Lipinski definition) is 3. The van der Waals surface area contributed by atoms with Gasteiger partial charge >= 0.3 is 0 Å². The molecule has 1 aromatic heterocycles. The van der Waals surface area contributed by atoms with Gasteiger partial charge in [0.1, 0.15) is 0 Å². The Bertz CT molecular complexity index is 447. The predicted octanol–water partition coefficient (Wildman–Crippen LogP) is 2.67. The Kier molecular flexibility index (Phi) is 3.52. The van der Waals surface area contributed by atoms with Gasteiger partial charge in [0, 0.05) is 28.8 Å². The second-order valence-corrected chi connectivity index (χ2v) is 7.06. The van der Waals surface area contributed by atoms with Crippen LogP contribution >= 0.6 is 11.3 Å². The molecule has 4 heteroatoms. The summed E-state index contributed by atoms with van der Waals surface area (Å²) >= 11 is 1.79. The third-order valence-electron chi connectivity index (χ3n) is 3.47. The van der Waals surface area contributed by atoms with Gasteiger partial charge in [-0.05, 0) is 24.5 Å². The van der Waals surface area contributed by atoms with Crippen LogP contribution in [0.1, 0.15) is 49.9 Å². The van der Waals surface area contributed by atoms with Crippen molar-refractivity contribution in [2.24, 2.45) is 5.73 Å². The molecule has 1 aliphatic rings. The molecule has 2 N–H and O–H groups in total. The molecule has 2 rings (SSSR count). The van der Waals surface area contributed by atoms with Gasteiger partial charge in [0.15, 0.2) is 0 Å². The maximum atomic E-state index is 11.9. The molecule has 1 saturated heterocycles. The first-order valence-corrected chi connectivity index (χ1v) is 7.31. The van der Waals surface area contributed by atoms with Gasteiger partial charge < -0.3 is 10.6 Å². The molecule has 1 aliphatic heterocycles. The van der Waals surface area contributed by atoms with E-state index in [9.17, 15) is 4.79 Å². The Balaban J connectivity index is 2.31. The number of amides is 1. The van der Waals surface area contributed by atoms with Crippen molar-refractivity contribution in [3.63, 3.8) is 0 Å². The van der Waals surface area contributed by atoms with E-state index in [-0.39, 0.29) is 23.4 Å². The summed E-state index contributed by atoms with van der Waals surface area (Å²) < 4.78 is 0. The highest BCUT2D eigenvalue weighted by atomic mass is 32.1. The number of carbonyl (C=O) groups is 1. The maximum absolute atomic E-state index is 11.9. The first-order valence-electron chi connectivity index (χ1n) is 6.50. The topological polar surface area (TPSA) is 46.3 Å². The average Bonchev–Trinajstić information content (AvgIpc) is 2.81. The number of likely N-dealkylation sites (N-methyl/N-ethyl adjacent to an activating group) is 1. The zero-order chi connectivity index (χ0) is 13.5. The summed E-state index contributed by atoms with van der Waals surface area (Å²) in [5.41, 5.74) is 6.29. The molecule has 0 saturated carbocycles. The summed E-state index contributed by atoms with van der Waals surface area (Å²) in [5, 5.41) is 0. The average molecular weight is 266 g/mol. The molecule has 2 atom stereocenters. The van der Waals surface area contributed by atoms with Crippen LogP contribution < -0.4 is 5.73 Å². The minimum Gasteiger partial charge on any atom is -0.333 e. The van der Waals surface area contributed by atoms with Gasteiger partial charge in [-0.2, -0.15) is 0 Å². The van der Waals surface area contributed by atoms with Crippen molar-refractivity contribution in [3.05, 3.63) is 21.9 Å². The highest BCUT2D eigenvalue weighted by molar-refractivity contribution is 7.12. The molecule has 100 valence electrons. The number of likely N-dealkylation sites (tertiary alicyclic amines) is 1. The maximum Gasteiger partial charge on any atom is 0.224 e. The van der Waals surface area contributed by atoms with Crippen LogP contribution in [0.15, 0.2) is 12.1 Å². The zero-order valence-electron chi connectivity index (χ0n) is 11.6. The van der Waals surface area contributed by atoms with Crippen LogP contribution in [0.2, 0.25) is 0 Å². The lowest BCUT2D eigenvalue weighted by molar-refractivity contribution is -0.128. The van der Waals surface area contributed by atoms with Crippen LogP contribution in [-0.2, 0) is 10.2 Å². The number of nitrogens with zero attached hydrogens (tertiary/aromatic N) is 1. The Morgan fingerprint density at radius 1 is 1.44 bits per heavy atom. The van der Waals surface area contributed by atoms with E-state index in [1.54, 1.807) is 11.3 Å². The number of rotatable bonds is 2. The SMILES string of the molecule is CCN1C(=O)CC(N)C1c1ccc(C(C)(C)C)s1. The molecule has 1 amide bonds. The smallest absolute Gasteiger partial charge is 0.224 e. The van der Waals surface area contributed by atoms with E-state index in [2.05, 4.69) is 32.9 Å². The first-order chi connectivity index (χ1) is 8.34. The molecule has 3 nitrogen and oxygen atoms in total. The second kappa shape index (κ2) is 4.67. The lowest BCUT2D eigenvalue weighted by atomic mass is 9.95. The normalized spacial score (nSPS) is 24.9. The lowest BCUT2D eigenvalue weighted by Crippen LogP contribution is -2.32. The Labute approximate surface area is 113 Å². The van der Waals surface area contributed by atoms with Gasteiger partial charge in [0.2, 0.25) is 5.91 Å². The summed E-state index contributed by atoms with van der Waals surface area (Å²) in [5.74, 6) is 0.181. The molecule has 0 radical (unpaired) electrons. The summed E-state index contributed by atoms with van der Waals surface area (Å²) in [7, 11) is 0. The van der Waals surface area contributed by atoms with E-state index in [1.807, 2.05) is 11.8 Å². The lowest BCUT2D eigenvalue weighted by Gasteiger charge is -2.24. The molecule has 0 aliphatic carbocycles. The minimum atomic E-state index is -0.0658. The van der Waals surface area contributed by atoms with Crippen molar-refractivity contribution < 1.29 is 4.79 Å². The summed E-state index contributed by atoms with van der Waals surface area (Å²) in [4.78, 5) is 16.3. The number of thiophene rings is 1. The van der Waals surface area contributed by atoms with E-state index in [4.69, 9.17) is 5.73 Å². The van der Waals surface area contributed by atoms with Gasteiger partial charge in [-0.15, -0.1) is 11.3 Å². The Morgan fingerprint density at radius 2 is 2.11 bits per heavy atom. The van der Waals surface area contributed by atoms with Crippen LogP contribution in [-0.4, -0.2) is 23.4 Å². The standard InChI is InChI=1S/C14H22N2OS/c1-5-16-12(17)8-9(15)13(16)10-6-7-11(18-10)14(2,3)4/h6-7,9,13H,5,8,15H2,1-4H3. The van der Waals surface area contributed by atoms with Gasteiger partial charge in [0.05, 0.1) is 6.04 Å². The predicted molar refractivity (Wildman–Crippen MR) is 75.7 cm³/mol. The number of hydrogen-bond donors (Lipinski definition) is 1. The quantitative estimate of drug-likeness (QED) is 0.894. The monoisotopic (exact) mass is 266 g/mol. The fraction of sp³-hybridized carbons (Fsp3) is 0.643. The van der Waals surface area contributed by atoms with Crippen LogP contribution in [0.3, 0.4) is 0 Å². The van der Waals surface area contributed by atoms with E-state index in [1.165, 1.54) is 9.75 Å². The number of carbonyl (C=O) groups excluding carboxylic acids is 1. The highest BCUT2D eigenvalue weighted by Gasteiger charge is 2.38. The summed E-state index contributed by atoms with van der Waals surface area (Å²) in [6, 6.07) is 4.31. The Morgan fingerprint density at radius 3 is 2.61 bits per heavy atom. The first kappa shape index (κ1) is 13.6. The number of nitrogens with two attached hydrogens (primary N) is 1. The van der Waals surface area contributed by atoms with Crippen LogP contribution in [0.5, 0.6) is 0 Å². The van der Waals surface area contributed by atoms with Crippen LogP contribution in [0, 0.1) is 0 Å². The van der Waals surface area contributed by atoms with Gasteiger partial charge in [-0.3, -0.25) is 4.79 Å². The van der Waals surface area contributed by atoms with Crippen molar-refractivity contribution in [3.8, 4) is 0 Å². The van der Waals surface area contributed by atoms with Gasteiger partial charge in [0.25, 0.3) is 0 Å². The Hall–Kier alpha value is -0.870. The fourth-order valence-corrected chi connectivity index (χ4v) is 3.72. The summed E-state index contributed by atoms with van der Waals surface area (Å²) in [6.07, 6.45) is 0.473. The third-order valence-corrected chi connectivity index (χ3v) is 5.05. The largest absolute Gasteiger partial charge is 0.333 e. The van der Waals surface area contributed by atoms with E-state index in [0.29, 0.717) is 6.42 Å². The fourth-order valence-electron chi connectivity index (χ4n) is 2.47. The van der Waals surface area contributed by atoms with E-state index in [0.717, 1.165) is 6.54 Å². The minimum absolute atomic E-state index is 0.0658. The van der Waals surface area contributed by atoms with Crippen molar-refractivity contribution in [2.75, 3.05) is 6.54 Å². The highest BCUT2D eigenvalue weighted by Crippen LogP contribution is 2.38. The van der Waals surface area contributed by atoms with Crippen LogP contribution in [0.25, 0.3) is 0 Å². The molecule has 0 bridgehead atoms. The van der Waals surface area contributed by atoms with E-state index >= 15 is 0 Å². The van der Waals surface area contributed by atoms with Crippen LogP contribution in [0.4, 0.5) is 0 Å². The molecule has 1 fully saturated rings. The van der Waals surface area contributed by atoms with Gasteiger partial charge in [-0.1, -0.05) is 20.8 Å². The van der Waals surface area contributed by atoms with Crippen molar-refractivity contribution in [1.29, 1.82) is 0 Å². The van der Waals surface area contributed by atoms with E-state index < -0.39 is 0 Å². The van der Waals surface area contributed by atoms with Crippen molar-refractivity contribution >= 4 is 17.2 Å². The second-order valence-electron chi connectivity index (χ2n) is 5.94. The zero-order valence-corrected chi connectivity index (χ0v) is 12.4. The van der Waals surface area contributed by atoms with Crippen molar-refractivity contribution in [1.82, 2.24) is 4.90 Å².